The minimum atomic E-state index is -0.795. The molecule has 1 aliphatic heterocycles. The van der Waals surface area contributed by atoms with Crippen molar-refractivity contribution in [1.29, 1.82) is 0 Å². The summed E-state index contributed by atoms with van der Waals surface area (Å²) in [4.78, 5) is 30.4. The molecule has 0 bridgehead atoms. The van der Waals surface area contributed by atoms with Crippen LogP contribution in [0.25, 0.3) is 0 Å². The smallest absolute Gasteiger partial charge is 0.316 e. The molecular weight excluding hydrogens is 342 g/mol. The molecule has 5 nitrogen and oxygen atoms in total. The Kier molecular flexibility index (Phi) is 6.01. The molecule has 0 aromatic heterocycles. The highest BCUT2D eigenvalue weighted by Gasteiger charge is 2.49. The fourth-order valence-electron chi connectivity index (χ4n) is 3.45. The molecule has 0 spiro atoms. The fraction of sp³-hybridized carbons (Fsp3) is 0.318. The molecule has 5 heteroatoms. The molecule has 3 atom stereocenters. The molecule has 0 saturated carbocycles. The molecule has 2 aromatic rings. The van der Waals surface area contributed by atoms with E-state index in [9.17, 15) is 9.59 Å². The van der Waals surface area contributed by atoms with Crippen LogP contribution < -0.4 is 0 Å². The number of benzene rings is 2. The van der Waals surface area contributed by atoms with Crippen LogP contribution in [0.15, 0.2) is 65.7 Å². The second-order valence-corrected chi connectivity index (χ2v) is 6.24. The maximum atomic E-state index is 12.8. The first kappa shape index (κ1) is 18.8. The first-order chi connectivity index (χ1) is 13.2. The van der Waals surface area contributed by atoms with Crippen LogP contribution in [0.5, 0.6) is 0 Å². The summed E-state index contributed by atoms with van der Waals surface area (Å²) < 4.78 is 10.6. The maximum absolute atomic E-state index is 12.8. The van der Waals surface area contributed by atoms with Crippen LogP contribution in [0.2, 0.25) is 0 Å². The highest BCUT2D eigenvalue weighted by atomic mass is 16.5. The van der Waals surface area contributed by atoms with Crippen LogP contribution >= 0.6 is 0 Å². The van der Waals surface area contributed by atoms with Gasteiger partial charge in [-0.1, -0.05) is 60.7 Å². The highest BCUT2D eigenvalue weighted by molar-refractivity contribution is 6.15. The predicted molar refractivity (Wildman–Crippen MR) is 102 cm³/mol. The number of ether oxygens (including phenoxy) is 2. The summed E-state index contributed by atoms with van der Waals surface area (Å²) in [5.74, 6) is -2.42. The predicted octanol–water partition coefficient (Wildman–Crippen LogP) is 3.59. The zero-order valence-electron chi connectivity index (χ0n) is 15.5. The molecule has 27 heavy (non-hydrogen) atoms. The van der Waals surface area contributed by atoms with Crippen molar-refractivity contribution in [2.75, 3.05) is 13.2 Å². The third kappa shape index (κ3) is 3.92. The summed E-state index contributed by atoms with van der Waals surface area (Å²) in [6.07, 6.45) is 0. The van der Waals surface area contributed by atoms with Gasteiger partial charge in [0.2, 0.25) is 0 Å². The molecule has 0 amide bonds. The molecule has 0 unspecified atom stereocenters. The van der Waals surface area contributed by atoms with Gasteiger partial charge in [0.1, 0.15) is 11.8 Å². The average molecular weight is 365 g/mol. The number of rotatable bonds is 6. The molecule has 0 N–H and O–H groups in total. The van der Waals surface area contributed by atoms with E-state index in [2.05, 4.69) is 0 Å². The Labute approximate surface area is 159 Å². The van der Waals surface area contributed by atoms with Crippen molar-refractivity contribution in [3.8, 4) is 0 Å². The average Bonchev–Trinajstić information content (AvgIpc) is 3.10. The van der Waals surface area contributed by atoms with Gasteiger partial charge in [0.05, 0.1) is 25.0 Å². The van der Waals surface area contributed by atoms with Gasteiger partial charge in [-0.2, -0.15) is 0 Å². The van der Waals surface area contributed by atoms with Gasteiger partial charge in [-0.25, -0.2) is 0 Å². The summed E-state index contributed by atoms with van der Waals surface area (Å²) in [7, 11) is 0. The van der Waals surface area contributed by atoms with Crippen LogP contribution in [0.4, 0.5) is 0 Å². The van der Waals surface area contributed by atoms with Crippen molar-refractivity contribution in [3.63, 3.8) is 0 Å². The Morgan fingerprint density at radius 3 is 2.00 bits per heavy atom. The van der Waals surface area contributed by atoms with Gasteiger partial charge in [-0.3, -0.25) is 14.6 Å². The van der Waals surface area contributed by atoms with E-state index < -0.39 is 29.8 Å². The second-order valence-electron chi connectivity index (χ2n) is 6.24. The quantitative estimate of drug-likeness (QED) is 0.734. The van der Waals surface area contributed by atoms with E-state index in [0.29, 0.717) is 5.71 Å². The Morgan fingerprint density at radius 1 is 0.852 bits per heavy atom. The monoisotopic (exact) mass is 365 g/mol. The van der Waals surface area contributed by atoms with Gasteiger partial charge in [0.25, 0.3) is 0 Å². The molecule has 3 rings (SSSR count). The molecule has 1 aliphatic rings. The summed E-state index contributed by atoms with van der Waals surface area (Å²) in [5.41, 5.74) is 2.25. The Balaban J connectivity index is 2.11. The summed E-state index contributed by atoms with van der Waals surface area (Å²) in [5, 5.41) is 0. The van der Waals surface area contributed by atoms with Crippen molar-refractivity contribution in [2.45, 2.75) is 19.9 Å². The minimum Gasteiger partial charge on any atom is -0.466 e. The Morgan fingerprint density at radius 2 is 1.41 bits per heavy atom. The van der Waals surface area contributed by atoms with Gasteiger partial charge in [0.15, 0.2) is 0 Å². The number of esters is 2. The van der Waals surface area contributed by atoms with E-state index in [-0.39, 0.29) is 13.2 Å². The second kappa shape index (κ2) is 8.62. The third-order valence-electron chi connectivity index (χ3n) is 4.58. The molecule has 0 aliphatic carbocycles. The van der Waals surface area contributed by atoms with Crippen molar-refractivity contribution in [2.24, 2.45) is 16.8 Å². The van der Waals surface area contributed by atoms with Crippen molar-refractivity contribution >= 4 is 17.7 Å². The summed E-state index contributed by atoms with van der Waals surface area (Å²) in [6, 6.07) is 18.5. The van der Waals surface area contributed by atoms with Gasteiger partial charge < -0.3 is 9.47 Å². The zero-order valence-corrected chi connectivity index (χ0v) is 15.5. The topological polar surface area (TPSA) is 65.0 Å². The maximum Gasteiger partial charge on any atom is 0.316 e. The van der Waals surface area contributed by atoms with Crippen molar-refractivity contribution < 1.29 is 19.1 Å². The lowest BCUT2D eigenvalue weighted by Gasteiger charge is -2.22. The normalized spacial score (nSPS) is 21.4. The first-order valence-corrected chi connectivity index (χ1v) is 9.18. The minimum absolute atomic E-state index is 0.239. The van der Waals surface area contributed by atoms with Crippen LogP contribution in [0.1, 0.15) is 31.0 Å². The number of aliphatic imine (C=N–C) groups is 1. The zero-order chi connectivity index (χ0) is 19.2. The van der Waals surface area contributed by atoms with Gasteiger partial charge in [-0.05, 0) is 25.0 Å². The van der Waals surface area contributed by atoms with Crippen LogP contribution in [0.3, 0.4) is 0 Å². The van der Waals surface area contributed by atoms with Crippen LogP contribution in [-0.4, -0.2) is 30.9 Å². The molecular formula is C22H23NO4. The van der Waals surface area contributed by atoms with E-state index in [1.807, 2.05) is 60.7 Å². The third-order valence-corrected chi connectivity index (χ3v) is 4.58. The highest BCUT2D eigenvalue weighted by Crippen LogP contribution is 2.41. The van der Waals surface area contributed by atoms with E-state index >= 15 is 0 Å². The van der Waals surface area contributed by atoms with E-state index in [1.165, 1.54) is 0 Å². The van der Waals surface area contributed by atoms with Gasteiger partial charge in [-0.15, -0.1) is 0 Å². The molecule has 1 heterocycles. The Hall–Kier alpha value is -2.95. The molecule has 140 valence electrons. The molecule has 2 aromatic carbocycles. The number of hydrogen-bond acceptors (Lipinski definition) is 5. The van der Waals surface area contributed by atoms with Crippen molar-refractivity contribution in [1.82, 2.24) is 0 Å². The summed E-state index contributed by atoms with van der Waals surface area (Å²) >= 11 is 0. The van der Waals surface area contributed by atoms with Crippen LogP contribution in [-0.2, 0) is 19.1 Å². The lowest BCUT2D eigenvalue weighted by atomic mass is 9.82. The van der Waals surface area contributed by atoms with E-state index in [1.54, 1.807) is 13.8 Å². The number of carbonyl (C=O) groups excluding carboxylic acids is 2. The lowest BCUT2D eigenvalue weighted by Crippen LogP contribution is -2.36. The van der Waals surface area contributed by atoms with Gasteiger partial charge in [0, 0.05) is 0 Å². The SMILES string of the molecule is CCOC(=O)[C@@H]1C(c2ccccc2)=N[C@H](c2ccccc2)[C@H]1C(=O)OCC. The summed E-state index contributed by atoms with van der Waals surface area (Å²) in [6.45, 7) is 3.99. The van der Waals surface area contributed by atoms with Gasteiger partial charge >= 0.3 is 11.9 Å². The fourth-order valence-corrected chi connectivity index (χ4v) is 3.45. The van der Waals surface area contributed by atoms with Crippen LogP contribution in [0, 0.1) is 11.8 Å². The number of hydrogen-bond donors (Lipinski definition) is 0. The van der Waals surface area contributed by atoms with Crippen molar-refractivity contribution in [3.05, 3.63) is 71.8 Å². The Bertz CT molecular complexity index is 817. The molecule has 0 radical (unpaired) electrons. The number of carbonyl (C=O) groups is 2. The molecule has 0 saturated heterocycles. The lowest BCUT2D eigenvalue weighted by molar-refractivity contribution is -0.157. The largest absolute Gasteiger partial charge is 0.466 e. The van der Waals surface area contributed by atoms with E-state index in [0.717, 1.165) is 11.1 Å². The number of nitrogens with zero attached hydrogens (tertiary/aromatic N) is 1. The first-order valence-electron chi connectivity index (χ1n) is 9.18. The molecule has 0 fully saturated rings. The van der Waals surface area contributed by atoms with E-state index in [4.69, 9.17) is 14.5 Å². The standard InChI is InChI=1S/C22H23NO4/c1-3-26-21(24)17-18(22(25)27-4-2)20(16-13-9-6-10-14-16)23-19(17)15-11-7-5-8-12-15/h5-14,17-19H,3-4H2,1-2H3/t17-,18-,19+/m0/s1.